The number of nitrogens with zero attached hydrogens (tertiary/aromatic N) is 1. The van der Waals surface area contributed by atoms with Gasteiger partial charge in [-0.1, -0.05) is 36.4 Å². The van der Waals surface area contributed by atoms with E-state index in [0.29, 0.717) is 25.4 Å². The van der Waals surface area contributed by atoms with Crippen molar-refractivity contribution >= 4 is 17.7 Å². The molecule has 0 bridgehead atoms. The molecular formula is C19H24N2O2S. The Balaban J connectivity index is 1.96. The van der Waals surface area contributed by atoms with Crippen molar-refractivity contribution in [3.05, 3.63) is 60.2 Å². The lowest BCUT2D eigenvalue weighted by Gasteiger charge is -2.22. The maximum Gasteiger partial charge on any atom is 0.233 e. The first-order valence-electron chi connectivity index (χ1n) is 8.01. The van der Waals surface area contributed by atoms with E-state index in [1.54, 1.807) is 7.11 Å². The van der Waals surface area contributed by atoms with Gasteiger partial charge in [-0.25, -0.2) is 0 Å². The van der Waals surface area contributed by atoms with Gasteiger partial charge >= 0.3 is 0 Å². The molecule has 0 spiro atoms. The van der Waals surface area contributed by atoms with Crippen LogP contribution in [-0.4, -0.2) is 36.8 Å². The summed E-state index contributed by atoms with van der Waals surface area (Å²) in [5.74, 6) is 1.33. The van der Waals surface area contributed by atoms with Crippen molar-refractivity contribution in [2.24, 2.45) is 5.73 Å². The van der Waals surface area contributed by atoms with Crippen LogP contribution in [0.25, 0.3) is 0 Å². The van der Waals surface area contributed by atoms with Crippen LogP contribution >= 0.6 is 11.8 Å². The molecule has 2 N–H and O–H groups in total. The number of carbonyl (C=O) groups excluding carboxylic acids is 1. The Morgan fingerprint density at radius 2 is 1.96 bits per heavy atom. The van der Waals surface area contributed by atoms with Gasteiger partial charge in [-0.2, -0.15) is 0 Å². The van der Waals surface area contributed by atoms with E-state index in [2.05, 4.69) is 0 Å². The Kier molecular flexibility index (Phi) is 7.65. The fourth-order valence-electron chi connectivity index (χ4n) is 2.31. The standard InChI is InChI=1S/C19H24N2O2S/c1-23-17-9-5-10-18(13-17)24-15-19(22)21(12-6-11-20)14-16-7-3-2-4-8-16/h2-5,7-10,13H,6,11-12,14-15,20H2,1H3. The van der Waals surface area contributed by atoms with Crippen LogP contribution in [0.4, 0.5) is 0 Å². The summed E-state index contributed by atoms with van der Waals surface area (Å²) in [7, 11) is 1.64. The predicted molar refractivity (Wildman–Crippen MR) is 99.2 cm³/mol. The topological polar surface area (TPSA) is 55.6 Å². The van der Waals surface area contributed by atoms with Gasteiger partial charge in [0, 0.05) is 18.0 Å². The number of thioether (sulfide) groups is 1. The van der Waals surface area contributed by atoms with Crippen LogP contribution in [0.1, 0.15) is 12.0 Å². The fourth-order valence-corrected chi connectivity index (χ4v) is 3.15. The Morgan fingerprint density at radius 1 is 1.17 bits per heavy atom. The molecule has 0 heterocycles. The summed E-state index contributed by atoms with van der Waals surface area (Å²) >= 11 is 1.53. The molecule has 0 aliphatic rings. The summed E-state index contributed by atoms with van der Waals surface area (Å²) < 4.78 is 5.22. The van der Waals surface area contributed by atoms with E-state index in [9.17, 15) is 4.79 Å². The maximum absolute atomic E-state index is 12.6. The second kappa shape index (κ2) is 10.0. The van der Waals surface area contributed by atoms with Gasteiger partial charge in [-0.3, -0.25) is 4.79 Å². The molecule has 2 aromatic carbocycles. The molecule has 2 rings (SSSR count). The third kappa shape index (κ3) is 5.91. The largest absolute Gasteiger partial charge is 0.497 e. The molecule has 0 saturated carbocycles. The SMILES string of the molecule is COc1cccc(SCC(=O)N(CCCN)Cc2ccccc2)c1. The second-order valence-electron chi connectivity index (χ2n) is 5.41. The van der Waals surface area contributed by atoms with Gasteiger partial charge in [0.05, 0.1) is 12.9 Å². The first kappa shape index (κ1) is 18.4. The van der Waals surface area contributed by atoms with Crippen molar-refractivity contribution in [2.75, 3.05) is 26.0 Å². The highest BCUT2D eigenvalue weighted by molar-refractivity contribution is 8.00. The smallest absolute Gasteiger partial charge is 0.233 e. The summed E-state index contributed by atoms with van der Waals surface area (Å²) in [5.41, 5.74) is 6.74. The number of benzene rings is 2. The number of ether oxygens (including phenoxy) is 1. The van der Waals surface area contributed by atoms with Crippen molar-refractivity contribution in [2.45, 2.75) is 17.9 Å². The Hall–Kier alpha value is -1.98. The normalized spacial score (nSPS) is 10.4. The average Bonchev–Trinajstić information content (AvgIpc) is 2.64. The number of methoxy groups -OCH3 is 1. The molecule has 2 aromatic rings. The molecule has 0 aromatic heterocycles. The lowest BCUT2D eigenvalue weighted by Crippen LogP contribution is -2.33. The van der Waals surface area contributed by atoms with Gasteiger partial charge in [0.25, 0.3) is 0 Å². The molecular weight excluding hydrogens is 320 g/mol. The van der Waals surface area contributed by atoms with E-state index >= 15 is 0 Å². The van der Waals surface area contributed by atoms with Crippen molar-refractivity contribution in [1.29, 1.82) is 0 Å². The summed E-state index contributed by atoms with van der Waals surface area (Å²) in [6.45, 7) is 1.89. The van der Waals surface area contributed by atoms with Gasteiger partial charge < -0.3 is 15.4 Å². The molecule has 1 amide bonds. The highest BCUT2D eigenvalue weighted by atomic mass is 32.2. The number of amides is 1. The van der Waals surface area contributed by atoms with Crippen molar-refractivity contribution in [3.8, 4) is 5.75 Å². The molecule has 0 aliphatic heterocycles. The Morgan fingerprint density at radius 3 is 2.67 bits per heavy atom. The Bertz CT molecular complexity index is 634. The third-order valence-electron chi connectivity index (χ3n) is 3.60. The zero-order valence-corrected chi connectivity index (χ0v) is 14.8. The molecule has 0 atom stereocenters. The van der Waals surface area contributed by atoms with Crippen LogP contribution in [0.3, 0.4) is 0 Å². The number of rotatable bonds is 9. The van der Waals surface area contributed by atoms with E-state index in [4.69, 9.17) is 10.5 Å². The van der Waals surface area contributed by atoms with Gasteiger partial charge in [0.1, 0.15) is 5.75 Å². The average molecular weight is 344 g/mol. The van der Waals surface area contributed by atoms with E-state index in [1.165, 1.54) is 11.8 Å². The number of nitrogens with two attached hydrogens (primary N) is 1. The van der Waals surface area contributed by atoms with Crippen LogP contribution in [0, 0.1) is 0 Å². The monoisotopic (exact) mass is 344 g/mol. The third-order valence-corrected chi connectivity index (χ3v) is 4.58. The molecule has 24 heavy (non-hydrogen) atoms. The molecule has 0 aliphatic carbocycles. The molecule has 0 fully saturated rings. The summed E-state index contributed by atoms with van der Waals surface area (Å²) in [6.07, 6.45) is 0.808. The molecule has 0 radical (unpaired) electrons. The summed E-state index contributed by atoms with van der Waals surface area (Å²) in [5, 5.41) is 0. The molecule has 0 unspecified atom stereocenters. The van der Waals surface area contributed by atoms with Crippen molar-refractivity contribution in [1.82, 2.24) is 4.90 Å². The first-order chi connectivity index (χ1) is 11.7. The maximum atomic E-state index is 12.6. The van der Waals surface area contributed by atoms with Gasteiger partial charge in [-0.05, 0) is 36.7 Å². The van der Waals surface area contributed by atoms with Crippen molar-refractivity contribution in [3.63, 3.8) is 0 Å². The van der Waals surface area contributed by atoms with Crippen LogP contribution < -0.4 is 10.5 Å². The zero-order valence-electron chi connectivity index (χ0n) is 14.0. The van der Waals surface area contributed by atoms with Crippen LogP contribution in [0.5, 0.6) is 5.75 Å². The minimum atomic E-state index is 0.125. The Labute approximate surface area is 148 Å². The van der Waals surface area contributed by atoms with Gasteiger partial charge in [0.15, 0.2) is 0 Å². The molecule has 0 saturated heterocycles. The van der Waals surface area contributed by atoms with E-state index < -0.39 is 0 Å². The predicted octanol–water partition coefficient (Wildman–Crippen LogP) is 3.16. The zero-order chi connectivity index (χ0) is 17.2. The molecule has 128 valence electrons. The minimum absolute atomic E-state index is 0.125. The molecule has 4 nitrogen and oxygen atoms in total. The van der Waals surface area contributed by atoms with E-state index in [1.807, 2.05) is 59.5 Å². The highest BCUT2D eigenvalue weighted by Crippen LogP contribution is 2.23. The number of hydrogen-bond donors (Lipinski definition) is 1. The number of carbonyl (C=O) groups is 1. The molecule has 5 heteroatoms. The summed E-state index contributed by atoms with van der Waals surface area (Å²) in [6, 6.07) is 17.8. The van der Waals surface area contributed by atoms with Crippen LogP contribution in [-0.2, 0) is 11.3 Å². The van der Waals surface area contributed by atoms with Gasteiger partial charge in [0.2, 0.25) is 5.91 Å². The second-order valence-corrected chi connectivity index (χ2v) is 6.46. The van der Waals surface area contributed by atoms with E-state index in [-0.39, 0.29) is 5.91 Å². The lowest BCUT2D eigenvalue weighted by atomic mass is 10.2. The minimum Gasteiger partial charge on any atom is -0.497 e. The highest BCUT2D eigenvalue weighted by Gasteiger charge is 2.14. The van der Waals surface area contributed by atoms with Crippen molar-refractivity contribution < 1.29 is 9.53 Å². The quantitative estimate of drug-likeness (QED) is 0.710. The van der Waals surface area contributed by atoms with E-state index in [0.717, 1.165) is 22.6 Å². The fraction of sp³-hybridized carbons (Fsp3) is 0.316. The van der Waals surface area contributed by atoms with Gasteiger partial charge in [-0.15, -0.1) is 11.8 Å². The summed E-state index contributed by atoms with van der Waals surface area (Å²) in [4.78, 5) is 15.5. The lowest BCUT2D eigenvalue weighted by molar-refractivity contribution is -0.129. The van der Waals surface area contributed by atoms with Crippen LogP contribution in [0.15, 0.2) is 59.5 Å². The first-order valence-corrected chi connectivity index (χ1v) is 9.00. The van der Waals surface area contributed by atoms with Crippen LogP contribution in [0.2, 0.25) is 0 Å². The number of hydrogen-bond acceptors (Lipinski definition) is 4.